The van der Waals surface area contributed by atoms with Gasteiger partial charge in [-0.25, -0.2) is 14.8 Å². The molecule has 10 heteroatoms. The van der Waals surface area contributed by atoms with Crippen molar-refractivity contribution in [1.82, 2.24) is 25.5 Å². The molecule has 0 spiro atoms. The normalized spacial score (nSPS) is 13.5. The fourth-order valence-electron chi connectivity index (χ4n) is 4.08. The zero-order valence-corrected chi connectivity index (χ0v) is 22.3. The summed E-state index contributed by atoms with van der Waals surface area (Å²) in [4.78, 5) is 38.0. The van der Waals surface area contributed by atoms with Crippen LogP contribution in [0.2, 0.25) is 5.15 Å². The molecule has 1 aliphatic heterocycles. The largest absolute Gasteiger partial charge is 0.353 e. The molecule has 0 aliphatic carbocycles. The number of nitrogens with zero attached hydrogens (tertiary/aromatic N) is 4. The zero-order chi connectivity index (χ0) is 26.0. The zero-order valence-electron chi connectivity index (χ0n) is 20.8. The van der Waals surface area contributed by atoms with Gasteiger partial charge in [-0.15, -0.1) is 0 Å². The van der Waals surface area contributed by atoms with Gasteiger partial charge in [-0.3, -0.25) is 4.79 Å². The van der Waals surface area contributed by atoms with Crippen molar-refractivity contribution in [2.24, 2.45) is 0 Å². The predicted molar refractivity (Wildman–Crippen MR) is 148 cm³/mol. The molecule has 2 N–H and O–H groups in total. The molecule has 3 aromatic rings. The Morgan fingerprint density at radius 1 is 0.973 bits per heavy atom. The summed E-state index contributed by atoms with van der Waals surface area (Å²) in [6, 6.07) is 21.2. The summed E-state index contributed by atoms with van der Waals surface area (Å²) >= 11 is 7.55. The van der Waals surface area contributed by atoms with Crippen LogP contribution in [-0.4, -0.2) is 65.3 Å². The molecule has 1 aliphatic rings. The van der Waals surface area contributed by atoms with E-state index in [1.54, 1.807) is 6.07 Å². The third kappa shape index (κ3) is 7.60. The Labute approximate surface area is 226 Å². The van der Waals surface area contributed by atoms with Gasteiger partial charge in [-0.1, -0.05) is 91.0 Å². The number of hydrogen-bond acceptors (Lipinski definition) is 6. The van der Waals surface area contributed by atoms with Crippen LogP contribution in [0, 0.1) is 0 Å². The first-order chi connectivity index (χ1) is 18.0. The van der Waals surface area contributed by atoms with E-state index in [-0.39, 0.29) is 23.7 Å². The minimum Gasteiger partial charge on any atom is -0.353 e. The highest BCUT2D eigenvalue weighted by atomic mass is 35.5. The molecule has 1 saturated heterocycles. The summed E-state index contributed by atoms with van der Waals surface area (Å²) in [7, 11) is 0. The Hall–Kier alpha value is -3.30. The smallest absolute Gasteiger partial charge is 0.317 e. The van der Waals surface area contributed by atoms with E-state index in [2.05, 4.69) is 25.5 Å². The van der Waals surface area contributed by atoms with Crippen molar-refractivity contribution in [1.29, 1.82) is 0 Å². The summed E-state index contributed by atoms with van der Waals surface area (Å²) in [5.74, 6) is 0.726. The van der Waals surface area contributed by atoms with Crippen LogP contribution < -0.4 is 15.5 Å². The first-order valence-corrected chi connectivity index (χ1v) is 13.7. The molecule has 2 heterocycles. The lowest BCUT2D eigenvalue weighted by molar-refractivity contribution is -0.119. The van der Waals surface area contributed by atoms with E-state index in [0.717, 1.165) is 17.5 Å². The van der Waals surface area contributed by atoms with Crippen molar-refractivity contribution in [2.45, 2.75) is 24.5 Å². The number of piperazine rings is 1. The maximum absolute atomic E-state index is 12.9. The molecule has 37 heavy (non-hydrogen) atoms. The van der Waals surface area contributed by atoms with Gasteiger partial charge in [0.05, 0.1) is 11.8 Å². The maximum atomic E-state index is 12.9. The summed E-state index contributed by atoms with van der Waals surface area (Å²) in [5.41, 5.74) is 2.02. The summed E-state index contributed by atoms with van der Waals surface area (Å²) < 4.78 is 0. The van der Waals surface area contributed by atoms with E-state index in [0.29, 0.717) is 48.9 Å². The molecule has 1 aromatic heterocycles. The van der Waals surface area contributed by atoms with Crippen molar-refractivity contribution in [3.8, 4) is 0 Å². The summed E-state index contributed by atoms with van der Waals surface area (Å²) in [6.07, 6.45) is 0.906. The highest BCUT2D eigenvalue weighted by Crippen LogP contribution is 2.25. The quantitative estimate of drug-likeness (QED) is 0.239. The molecule has 194 valence electrons. The van der Waals surface area contributed by atoms with Gasteiger partial charge in [-0.2, -0.15) is 0 Å². The van der Waals surface area contributed by atoms with Crippen LogP contribution in [0.25, 0.3) is 0 Å². The number of nitrogens with one attached hydrogen (secondary N) is 2. The Bertz CT molecular complexity index is 1140. The Balaban J connectivity index is 1.36. The van der Waals surface area contributed by atoms with Crippen LogP contribution in [0.5, 0.6) is 0 Å². The van der Waals surface area contributed by atoms with Crippen LogP contribution in [0.3, 0.4) is 0 Å². The minimum atomic E-state index is -0.253. The van der Waals surface area contributed by atoms with Crippen molar-refractivity contribution < 1.29 is 9.59 Å². The number of carbonyl (C=O) groups is 2. The molecule has 1 fully saturated rings. The maximum Gasteiger partial charge on any atom is 0.317 e. The molecule has 2 aromatic carbocycles. The van der Waals surface area contributed by atoms with Crippen LogP contribution in [0.4, 0.5) is 10.6 Å². The number of urea groups is 1. The van der Waals surface area contributed by atoms with Gasteiger partial charge in [0.25, 0.3) is 0 Å². The van der Waals surface area contributed by atoms with Gasteiger partial charge in [-0.05, 0) is 17.5 Å². The van der Waals surface area contributed by atoms with Crippen molar-refractivity contribution in [3.63, 3.8) is 0 Å². The SMILES string of the molecule is CCCNC(=O)N1CCN(c2cc(Cl)nc(SCC(=O)NC(c3ccccc3)c3ccccc3)n2)CC1. The van der Waals surface area contributed by atoms with E-state index >= 15 is 0 Å². The summed E-state index contributed by atoms with van der Waals surface area (Å²) in [5, 5.41) is 6.82. The topological polar surface area (TPSA) is 90.5 Å². The highest BCUT2D eigenvalue weighted by molar-refractivity contribution is 7.99. The molecule has 0 bridgehead atoms. The first kappa shape index (κ1) is 26.8. The lowest BCUT2D eigenvalue weighted by Crippen LogP contribution is -2.52. The lowest BCUT2D eigenvalue weighted by atomic mass is 9.99. The second-order valence-electron chi connectivity index (χ2n) is 8.65. The molecular weight excluding hydrogens is 508 g/mol. The van der Waals surface area contributed by atoms with E-state index in [1.807, 2.05) is 72.5 Å². The van der Waals surface area contributed by atoms with Gasteiger partial charge in [0.1, 0.15) is 11.0 Å². The number of rotatable bonds is 9. The van der Waals surface area contributed by atoms with Crippen LogP contribution >= 0.6 is 23.4 Å². The molecule has 0 atom stereocenters. The van der Waals surface area contributed by atoms with E-state index in [1.165, 1.54) is 11.8 Å². The van der Waals surface area contributed by atoms with Crippen molar-refractivity contribution in [3.05, 3.63) is 83.0 Å². The predicted octanol–water partition coefficient (Wildman–Crippen LogP) is 4.37. The second kappa shape index (κ2) is 13.3. The molecule has 8 nitrogen and oxygen atoms in total. The van der Waals surface area contributed by atoms with Gasteiger partial charge in [0, 0.05) is 38.8 Å². The molecule has 0 saturated carbocycles. The molecule has 0 radical (unpaired) electrons. The fraction of sp³-hybridized carbons (Fsp3) is 0.333. The monoisotopic (exact) mass is 538 g/mol. The van der Waals surface area contributed by atoms with E-state index in [4.69, 9.17) is 11.6 Å². The number of carbonyl (C=O) groups excluding carboxylic acids is 2. The van der Waals surface area contributed by atoms with Crippen LogP contribution in [0.15, 0.2) is 71.9 Å². The Morgan fingerprint density at radius 3 is 2.19 bits per heavy atom. The first-order valence-electron chi connectivity index (χ1n) is 12.4. The average Bonchev–Trinajstić information content (AvgIpc) is 2.94. The lowest BCUT2D eigenvalue weighted by Gasteiger charge is -2.35. The highest BCUT2D eigenvalue weighted by Gasteiger charge is 2.23. The van der Waals surface area contributed by atoms with Crippen molar-refractivity contribution in [2.75, 3.05) is 43.4 Å². The fourth-order valence-corrected chi connectivity index (χ4v) is 4.97. The number of aromatic nitrogens is 2. The number of halogens is 1. The Morgan fingerprint density at radius 2 is 1.59 bits per heavy atom. The molecular formula is C27H31ClN6O2S. The minimum absolute atomic E-state index is 0.0335. The summed E-state index contributed by atoms with van der Waals surface area (Å²) in [6.45, 7) is 5.19. The second-order valence-corrected chi connectivity index (χ2v) is 9.98. The van der Waals surface area contributed by atoms with Crippen LogP contribution in [-0.2, 0) is 4.79 Å². The Kier molecular flexibility index (Phi) is 9.62. The number of anilines is 1. The standard InChI is InChI=1S/C27H31ClN6O2S/c1-2-13-29-27(36)34-16-14-33(15-17-34)23-18-22(28)30-26(31-23)37-19-24(35)32-25(20-9-5-3-6-10-20)21-11-7-4-8-12-21/h3-12,18,25H,2,13-17,19H2,1H3,(H,29,36)(H,32,35). The van der Waals surface area contributed by atoms with Crippen molar-refractivity contribution >= 4 is 41.1 Å². The number of benzene rings is 2. The third-order valence-corrected chi connectivity index (χ3v) is 7.02. The average molecular weight is 539 g/mol. The number of thioether (sulfide) groups is 1. The van der Waals surface area contributed by atoms with Gasteiger partial charge in [0.15, 0.2) is 5.16 Å². The van der Waals surface area contributed by atoms with Gasteiger partial charge in [0.2, 0.25) is 5.91 Å². The number of amides is 3. The van der Waals surface area contributed by atoms with Gasteiger partial charge < -0.3 is 20.4 Å². The van der Waals surface area contributed by atoms with E-state index < -0.39 is 0 Å². The van der Waals surface area contributed by atoms with E-state index in [9.17, 15) is 9.59 Å². The number of hydrogen-bond donors (Lipinski definition) is 2. The molecule has 3 amide bonds. The third-order valence-electron chi connectivity index (χ3n) is 5.98. The van der Waals surface area contributed by atoms with Gasteiger partial charge >= 0.3 is 6.03 Å². The molecule has 4 rings (SSSR count). The van der Waals surface area contributed by atoms with Crippen LogP contribution in [0.1, 0.15) is 30.5 Å². The molecule has 0 unspecified atom stereocenters.